The summed E-state index contributed by atoms with van der Waals surface area (Å²) in [5, 5.41) is 0. The van der Waals surface area contributed by atoms with E-state index in [2.05, 4.69) is 0 Å². The summed E-state index contributed by atoms with van der Waals surface area (Å²) < 4.78 is 10.5. The lowest BCUT2D eigenvalue weighted by molar-refractivity contribution is 0.0991. The highest BCUT2D eigenvalue weighted by molar-refractivity contribution is 5.99. The number of ether oxygens (including phenoxy) is 1. The Hall–Kier alpha value is -2.23. The second-order valence-corrected chi connectivity index (χ2v) is 4.49. The van der Waals surface area contributed by atoms with Crippen LogP contribution in [0.1, 0.15) is 27.4 Å². The summed E-state index contributed by atoms with van der Waals surface area (Å²) >= 11 is 0. The van der Waals surface area contributed by atoms with Gasteiger partial charge in [-0.2, -0.15) is 0 Å². The molecule has 0 saturated carbocycles. The molecule has 0 aliphatic rings. The zero-order valence-electron chi connectivity index (χ0n) is 11.3. The van der Waals surface area contributed by atoms with Gasteiger partial charge in [0.15, 0.2) is 5.78 Å². The van der Waals surface area contributed by atoms with Crippen LogP contribution in [0.2, 0.25) is 0 Å². The highest BCUT2D eigenvalue weighted by Gasteiger charge is 2.15. The molecule has 0 bridgehead atoms. The number of furan rings is 1. The molecule has 2 aromatic rings. The molecule has 2 N–H and O–H groups in total. The van der Waals surface area contributed by atoms with E-state index in [4.69, 9.17) is 14.9 Å². The molecule has 0 aliphatic heterocycles. The fourth-order valence-corrected chi connectivity index (χ4v) is 2.04. The highest BCUT2D eigenvalue weighted by Crippen LogP contribution is 2.22. The molecule has 100 valence electrons. The Morgan fingerprint density at radius 1 is 1.32 bits per heavy atom. The molecule has 2 rings (SSSR count). The molecule has 4 nitrogen and oxygen atoms in total. The Balaban J connectivity index is 2.26. The van der Waals surface area contributed by atoms with E-state index < -0.39 is 0 Å². The maximum Gasteiger partial charge on any atom is 0.170 e. The SMILES string of the molecule is COc1ccc(N)c(CC(=O)c2cc(C)oc2C)c1. The molecular weight excluding hydrogens is 242 g/mol. The van der Waals surface area contributed by atoms with Crippen molar-refractivity contribution in [2.24, 2.45) is 0 Å². The summed E-state index contributed by atoms with van der Waals surface area (Å²) in [7, 11) is 1.58. The molecule has 4 heteroatoms. The predicted octanol–water partition coefficient (Wildman–Crippen LogP) is 2.91. The Morgan fingerprint density at radius 2 is 2.05 bits per heavy atom. The largest absolute Gasteiger partial charge is 0.497 e. The van der Waals surface area contributed by atoms with E-state index in [1.807, 2.05) is 6.92 Å². The third-order valence-electron chi connectivity index (χ3n) is 3.04. The standard InChI is InChI=1S/C15H17NO3/c1-9-6-13(10(2)19-9)15(17)8-11-7-12(18-3)4-5-14(11)16/h4-7H,8,16H2,1-3H3. The van der Waals surface area contributed by atoms with Crippen molar-refractivity contribution in [2.45, 2.75) is 20.3 Å². The first kappa shape index (κ1) is 13.2. The highest BCUT2D eigenvalue weighted by atomic mass is 16.5. The number of benzene rings is 1. The van der Waals surface area contributed by atoms with E-state index in [0.29, 0.717) is 22.8 Å². The normalized spacial score (nSPS) is 10.5. The monoisotopic (exact) mass is 259 g/mol. The van der Waals surface area contributed by atoms with Gasteiger partial charge in [0.1, 0.15) is 17.3 Å². The Labute approximate surface area is 112 Å². The number of carbonyl (C=O) groups excluding carboxylic acids is 1. The van der Waals surface area contributed by atoms with E-state index in [-0.39, 0.29) is 12.2 Å². The van der Waals surface area contributed by atoms with Gasteiger partial charge in [0.2, 0.25) is 0 Å². The van der Waals surface area contributed by atoms with Gasteiger partial charge in [-0.05, 0) is 43.7 Å². The van der Waals surface area contributed by atoms with Crippen molar-refractivity contribution < 1.29 is 13.9 Å². The summed E-state index contributed by atoms with van der Waals surface area (Å²) in [6.45, 7) is 3.61. The lowest BCUT2D eigenvalue weighted by Crippen LogP contribution is -2.06. The van der Waals surface area contributed by atoms with Gasteiger partial charge < -0.3 is 14.9 Å². The van der Waals surface area contributed by atoms with Gasteiger partial charge in [0.25, 0.3) is 0 Å². The summed E-state index contributed by atoms with van der Waals surface area (Å²) in [6, 6.07) is 7.06. The van der Waals surface area contributed by atoms with Crippen molar-refractivity contribution in [3.8, 4) is 5.75 Å². The lowest BCUT2D eigenvalue weighted by atomic mass is 10.0. The number of Topliss-reactive ketones (excluding diaryl/α,β-unsaturated/α-hetero) is 1. The number of rotatable bonds is 4. The minimum absolute atomic E-state index is 0.00527. The Morgan fingerprint density at radius 3 is 2.63 bits per heavy atom. The second kappa shape index (κ2) is 5.18. The van der Waals surface area contributed by atoms with Crippen LogP contribution >= 0.6 is 0 Å². The minimum Gasteiger partial charge on any atom is -0.497 e. The van der Waals surface area contributed by atoms with Gasteiger partial charge in [0.05, 0.1) is 12.7 Å². The Bertz CT molecular complexity index is 614. The summed E-state index contributed by atoms with van der Waals surface area (Å²) in [5.41, 5.74) is 7.85. The second-order valence-electron chi connectivity index (χ2n) is 4.49. The summed E-state index contributed by atoms with van der Waals surface area (Å²) in [6.07, 6.45) is 0.239. The van der Waals surface area contributed by atoms with Gasteiger partial charge in [0, 0.05) is 12.1 Å². The Kier molecular flexibility index (Phi) is 3.60. The molecule has 0 spiro atoms. The molecule has 0 atom stereocenters. The van der Waals surface area contributed by atoms with Crippen molar-refractivity contribution in [3.63, 3.8) is 0 Å². The fourth-order valence-electron chi connectivity index (χ4n) is 2.04. The van der Waals surface area contributed by atoms with Gasteiger partial charge >= 0.3 is 0 Å². The van der Waals surface area contributed by atoms with Gasteiger partial charge in [-0.25, -0.2) is 0 Å². The van der Waals surface area contributed by atoms with Crippen LogP contribution < -0.4 is 10.5 Å². The first-order valence-electron chi connectivity index (χ1n) is 6.04. The van der Waals surface area contributed by atoms with Gasteiger partial charge in [-0.15, -0.1) is 0 Å². The molecule has 0 amide bonds. The number of nitrogen functional groups attached to an aromatic ring is 1. The molecule has 0 radical (unpaired) electrons. The van der Waals surface area contributed by atoms with Crippen LogP contribution in [0.5, 0.6) is 5.75 Å². The maximum atomic E-state index is 12.2. The van der Waals surface area contributed by atoms with Crippen molar-refractivity contribution in [1.29, 1.82) is 0 Å². The molecule has 1 aromatic heterocycles. The first-order valence-corrected chi connectivity index (χ1v) is 6.04. The number of methoxy groups -OCH3 is 1. The van der Waals surface area contributed by atoms with Crippen LogP contribution in [0.25, 0.3) is 0 Å². The average molecular weight is 259 g/mol. The molecule has 1 aromatic carbocycles. The van der Waals surface area contributed by atoms with Crippen LogP contribution in [0.15, 0.2) is 28.7 Å². The zero-order valence-corrected chi connectivity index (χ0v) is 11.3. The third kappa shape index (κ3) is 2.78. The number of ketones is 1. The minimum atomic E-state index is -0.00527. The molecule has 0 saturated heterocycles. The molecular formula is C15H17NO3. The average Bonchev–Trinajstić information content (AvgIpc) is 2.71. The molecule has 0 aliphatic carbocycles. The maximum absolute atomic E-state index is 12.2. The molecule has 0 fully saturated rings. The summed E-state index contributed by atoms with van der Waals surface area (Å²) in [4.78, 5) is 12.2. The van der Waals surface area contributed by atoms with Crippen molar-refractivity contribution >= 4 is 11.5 Å². The smallest absolute Gasteiger partial charge is 0.170 e. The van der Waals surface area contributed by atoms with E-state index >= 15 is 0 Å². The topological polar surface area (TPSA) is 65.5 Å². The summed E-state index contributed by atoms with van der Waals surface area (Å²) in [5.74, 6) is 2.06. The zero-order chi connectivity index (χ0) is 14.0. The molecule has 1 heterocycles. The number of anilines is 1. The van der Waals surface area contributed by atoms with Crippen LogP contribution in [0.4, 0.5) is 5.69 Å². The van der Waals surface area contributed by atoms with Crippen LogP contribution in [-0.2, 0) is 6.42 Å². The van der Waals surface area contributed by atoms with Gasteiger partial charge in [-0.3, -0.25) is 4.79 Å². The lowest BCUT2D eigenvalue weighted by Gasteiger charge is -2.07. The molecule has 19 heavy (non-hydrogen) atoms. The predicted molar refractivity (Wildman–Crippen MR) is 73.6 cm³/mol. The molecule has 0 unspecified atom stereocenters. The van der Waals surface area contributed by atoms with Gasteiger partial charge in [-0.1, -0.05) is 0 Å². The van der Waals surface area contributed by atoms with E-state index in [1.54, 1.807) is 38.3 Å². The number of carbonyl (C=O) groups is 1. The fraction of sp³-hybridized carbons (Fsp3) is 0.267. The number of aryl methyl sites for hydroxylation is 2. The number of hydrogen-bond acceptors (Lipinski definition) is 4. The first-order chi connectivity index (χ1) is 9.01. The number of nitrogens with two attached hydrogens (primary N) is 1. The third-order valence-corrected chi connectivity index (χ3v) is 3.04. The van der Waals surface area contributed by atoms with Crippen LogP contribution in [0, 0.1) is 13.8 Å². The van der Waals surface area contributed by atoms with Crippen molar-refractivity contribution in [1.82, 2.24) is 0 Å². The van der Waals surface area contributed by atoms with E-state index in [9.17, 15) is 4.79 Å². The van der Waals surface area contributed by atoms with E-state index in [0.717, 1.165) is 11.3 Å². The van der Waals surface area contributed by atoms with Crippen LogP contribution in [-0.4, -0.2) is 12.9 Å². The van der Waals surface area contributed by atoms with E-state index in [1.165, 1.54) is 0 Å². The number of hydrogen-bond donors (Lipinski definition) is 1. The van der Waals surface area contributed by atoms with Crippen molar-refractivity contribution in [2.75, 3.05) is 12.8 Å². The van der Waals surface area contributed by atoms with Crippen molar-refractivity contribution in [3.05, 3.63) is 46.9 Å². The van der Waals surface area contributed by atoms with Crippen LogP contribution in [0.3, 0.4) is 0 Å². The quantitative estimate of drug-likeness (QED) is 0.677.